The molecule has 2 heterocycles. The van der Waals surface area contributed by atoms with Crippen LogP contribution in [0.15, 0.2) is 40.8 Å². The Bertz CT molecular complexity index is 296. The molecule has 0 aliphatic carbocycles. The van der Waals surface area contributed by atoms with Crippen molar-refractivity contribution < 1.29 is 5.11 Å². The first-order chi connectivity index (χ1) is 5.38. The Morgan fingerprint density at radius 3 is 3.08 bits per heavy atom. The Morgan fingerprint density at radius 1 is 1.42 bits per heavy atom. The lowest BCUT2D eigenvalue weighted by Crippen LogP contribution is -2.16. The smallest absolute Gasteiger partial charge is 0.204 e. The molecular formula is C7H7BrN2OS. The number of aliphatic hydroxyl groups is 1. The van der Waals surface area contributed by atoms with Crippen LogP contribution in [0.25, 0.3) is 0 Å². The number of hydrogen-bond donors (Lipinski definition) is 1. The molecule has 0 fully saturated rings. The molecule has 1 N–H and O–H groups in total. The second kappa shape index (κ2) is 3.82. The van der Waals surface area contributed by atoms with E-state index in [1.54, 1.807) is 22.7 Å². The number of fused-ring (bicyclic) bond motifs is 1. The van der Waals surface area contributed by atoms with E-state index in [4.69, 9.17) is 0 Å². The Kier molecular flexibility index (Phi) is 2.99. The molecule has 0 amide bonds. The molecule has 0 aromatic rings. The van der Waals surface area contributed by atoms with E-state index in [1.165, 1.54) is 11.8 Å². The predicted molar refractivity (Wildman–Crippen MR) is 56.2 cm³/mol. The monoisotopic (exact) mass is 246 g/mol. The molecule has 2 aliphatic heterocycles. The number of allylic oxidation sites excluding steroid dienone is 2. The SMILES string of the molecule is Br.OC1=CSC2=NC=CC=CN12. The van der Waals surface area contributed by atoms with Gasteiger partial charge in [-0.05, 0) is 12.2 Å². The van der Waals surface area contributed by atoms with Gasteiger partial charge in [0.25, 0.3) is 0 Å². The average molecular weight is 247 g/mol. The van der Waals surface area contributed by atoms with Crippen molar-refractivity contribution in [3.63, 3.8) is 0 Å². The van der Waals surface area contributed by atoms with Crippen molar-refractivity contribution in [1.82, 2.24) is 4.90 Å². The molecule has 0 aromatic heterocycles. The van der Waals surface area contributed by atoms with Crippen LogP contribution in [0.1, 0.15) is 0 Å². The second-order valence-electron chi connectivity index (χ2n) is 2.06. The van der Waals surface area contributed by atoms with Crippen LogP contribution in [0, 0.1) is 0 Å². The van der Waals surface area contributed by atoms with E-state index in [0.717, 1.165) is 5.17 Å². The van der Waals surface area contributed by atoms with Gasteiger partial charge >= 0.3 is 0 Å². The Morgan fingerprint density at radius 2 is 2.25 bits per heavy atom. The molecule has 2 aliphatic rings. The molecule has 5 heteroatoms. The summed E-state index contributed by atoms with van der Waals surface area (Å²) in [5.74, 6) is 0.230. The summed E-state index contributed by atoms with van der Waals surface area (Å²) in [4.78, 5) is 5.72. The first kappa shape index (κ1) is 9.41. The molecule has 0 atom stereocenters. The number of aliphatic imine (C=N–C) groups is 1. The lowest BCUT2D eigenvalue weighted by atomic mass is 10.5. The Balaban J connectivity index is 0.000000720. The van der Waals surface area contributed by atoms with E-state index >= 15 is 0 Å². The lowest BCUT2D eigenvalue weighted by molar-refractivity contribution is 0.323. The summed E-state index contributed by atoms with van der Waals surface area (Å²) in [7, 11) is 0. The summed E-state index contributed by atoms with van der Waals surface area (Å²) in [6.07, 6.45) is 7.12. The topological polar surface area (TPSA) is 35.8 Å². The molecule has 0 saturated heterocycles. The fourth-order valence-corrected chi connectivity index (χ4v) is 1.56. The number of amidine groups is 1. The first-order valence-electron chi connectivity index (χ1n) is 3.14. The largest absolute Gasteiger partial charge is 0.494 e. The molecule has 0 bridgehead atoms. The van der Waals surface area contributed by atoms with Gasteiger partial charge in [-0.15, -0.1) is 17.0 Å². The second-order valence-corrected chi connectivity index (χ2v) is 2.90. The summed E-state index contributed by atoms with van der Waals surface area (Å²) < 4.78 is 0. The van der Waals surface area contributed by atoms with Crippen LogP contribution in [0.4, 0.5) is 0 Å². The van der Waals surface area contributed by atoms with Crippen LogP contribution in [-0.2, 0) is 0 Å². The molecule has 3 nitrogen and oxygen atoms in total. The van der Waals surface area contributed by atoms with Crippen molar-refractivity contribution in [2.75, 3.05) is 0 Å². The van der Waals surface area contributed by atoms with Gasteiger partial charge in [0.2, 0.25) is 5.88 Å². The van der Waals surface area contributed by atoms with Gasteiger partial charge in [-0.25, -0.2) is 4.99 Å². The van der Waals surface area contributed by atoms with E-state index in [9.17, 15) is 5.11 Å². The summed E-state index contributed by atoms with van der Waals surface area (Å²) in [6, 6.07) is 0. The van der Waals surface area contributed by atoms with Crippen molar-refractivity contribution in [3.05, 3.63) is 35.8 Å². The summed E-state index contributed by atoms with van der Waals surface area (Å²) >= 11 is 1.41. The number of halogens is 1. The van der Waals surface area contributed by atoms with Crippen molar-refractivity contribution in [2.45, 2.75) is 0 Å². The number of nitrogens with zero attached hydrogens (tertiary/aromatic N) is 2. The van der Waals surface area contributed by atoms with E-state index < -0.39 is 0 Å². The zero-order valence-electron chi connectivity index (χ0n) is 6.04. The number of aliphatic hydroxyl groups excluding tert-OH is 1. The molecule has 12 heavy (non-hydrogen) atoms. The summed E-state index contributed by atoms with van der Waals surface area (Å²) in [6.45, 7) is 0. The minimum absolute atomic E-state index is 0. The van der Waals surface area contributed by atoms with Gasteiger partial charge in [0, 0.05) is 17.8 Å². The van der Waals surface area contributed by atoms with E-state index in [1.807, 2.05) is 12.2 Å². The van der Waals surface area contributed by atoms with Crippen LogP contribution >= 0.6 is 28.7 Å². The van der Waals surface area contributed by atoms with Crippen LogP contribution < -0.4 is 0 Å². The minimum Gasteiger partial charge on any atom is -0.494 e. The van der Waals surface area contributed by atoms with E-state index in [-0.39, 0.29) is 22.9 Å². The zero-order valence-corrected chi connectivity index (χ0v) is 8.57. The van der Waals surface area contributed by atoms with Crippen molar-refractivity contribution >= 4 is 33.9 Å². The predicted octanol–water partition coefficient (Wildman–Crippen LogP) is 2.37. The molecule has 64 valence electrons. The van der Waals surface area contributed by atoms with Crippen LogP contribution in [-0.4, -0.2) is 15.2 Å². The third kappa shape index (κ3) is 1.56. The summed E-state index contributed by atoms with van der Waals surface area (Å²) in [5, 5.41) is 11.7. The third-order valence-corrected chi connectivity index (χ3v) is 2.18. The molecule has 0 unspecified atom stereocenters. The highest BCUT2D eigenvalue weighted by atomic mass is 79.9. The maximum Gasteiger partial charge on any atom is 0.204 e. The standard InChI is InChI=1S/C7H6N2OS.BrH/c10-6-5-11-7-8-3-1-2-4-9(6)7;/h1-5,10H;1H. The maximum atomic E-state index is 9.26. The highest BCUT2D eigenvalue weighted by molar-refractivity contribution is 8.93. The normalized spacial score (nSPS) is 19.2. The van der Waals surface area contributed by atoms with Gasteiger partial charge in [0.05, 0.1) is 0 Å². The van der Waals surface area contributed by atoms with Gasteiger partial charge in [-0.2, -0.15) is 0 Å². The lowest BCUT2D eigenvalue weighted by Gasteiger charge is -2.10. The van der Waals surface area contributed by atoms with Crippen LogP contribution in [0.3, 0.4) is 0 Å². The first-order valence-corrected chi connectivity index (χ1v) is 4.02. The van der Waals surface area contributed by atoms with Crippen molar-refractivity contribution in [1.29, 1.82) is 0 Å². The number of rotatable bonds is 0. The summed E-state index contributed by atoms with van der Waals surface area (Å²) in [5.41, 5.74) is 0. The molecule has 0 spiro atoms. The Hall–Kier alpha value is -0.680. The van der Waals surface area contributed by atoms with Gasteiger partial charge in [-0.3, -0.25) is 4.90 Å². The molecule has 0 aromatic carbocycles. The molecular weight excluding hydrogens is 240 g/mol. The quantitative estimate of drug-likeness (QED) is 0.713. The fourth-order valence-electron chi connectivity index (χ4n) is 0.842. The Labute approximate surface area is 84.9 Å². The maximum absolute atomic E-state index is 9.26. The highest BCUT2D eigenvalue weighted by Crippen LogP contribution is 2.25. The molecule has 2 rings (SSSR count). The number of thioether (sulfide) groups is 1. The average Bonchev–Trinajstić information content (AvgIpc) is 2.25. The van der Waals surface area contributed by atoms with Gasteiger partial charge in [0.1, 0.15) is 0 Å². The van der Waals surface area contributed by atoms with Crippen LogP contribution in [0.5, 0.6) is 0 Å². The van der Waals surface area contributed by atoms with Crippen LogP contribution in [0.2, 0.25) is 0 Å². The van der Waals surface area contributed by atoms with Gasteiger partial charge < -0.3 is 5.11 Å². The van der Waals surface area contributed by atoms with E-state index in [0.29, 0.717) is 0 Å². The minimum atomic E-state index is 0. The number of hydrogen-bond acceptors (Lipinski definition) is 4. The van der Waals surface area contributed by atoms with Gasteiger partial charge in [0.15, 0.2) is 5.17 Å². The van der Waals surface area contributed by atoms with E-state index in [2.05, 4.69) is 4.99 Å². The fraction of sp³-hybridized carbons (Fsp3) is 0. The van der Waals surface area contributed by atoms with Crippen molar-refractivity contribution in [2.24, 2.45) is 4.99 Å². The molecule has 0 radical (unpaired) electrons. The van der Waals surface area contributed by atoms with Gasteiger partial charge in [-0.1, -0.05) is 11.8 Å². The van der Waals surface area contributed by atoms with Crippen molar-refractivity contribution in [3.8, 4) is 0 Å². The highest BCUT2D eigenvalue weighted by Gasteiger charge is 2.19. The zero-order chi connectivity index (χ0) is 7.68. The molecule has 0 saturated carbocycles. The third-order valence-electron chi connectivity index (χ3n) is 1.34.